The lowest BCUT2D eigenvalue weighted by molar-refractivity contribution is -0.120. The van der Waals surface area contributed by atoms with E-state index in [2.05, 4.69) is 15.3 Å². The highest BCUT2D eigenvalue weighted by Crippen LogP contribution is 2.27. The largest absolute Gasteiger partial charge is 0.355 e. The third kappa shape index (κ3) is 5.28. The molecule has 0 saturated heterocycles. The molecule has 0 aliphatic carbocycles. The van der Waals surface area contributed by atoms with Gasteiger partial charge in [0.05, 0.1) is 21.8 Å². The molecule has 2 aromatic carbocycles. The number of aromatic nitrogens is 3. The van der Waals surface area contributed by atoms with Gasteiger partial charge in [-0.25, -0.2) is 9.37 Å². The molecule has 1 amide bonds. The lowest BCUT2D eigenvalue weighted by atomic mass is 10.2. The molecule has 0 aliphatic rings. The molecule has 2 aromatic heterocycles. The fourth-order valence-corrected chi connectivity index (χ4v) is 4.51. The van der Waals surface area contributed by atoms with Crippen LogP contribution in [0.5, 0.6) is 0 Å². The molecule has 2 heterocycles. The average Bonchev–Trinajstić information content (AvgIpc) is 2.83. The molecule has 0 bridgehead atoms. The minimum absolute atomic E-state index is 0.147. The zero-order valence-corrected chi connectivity index (χ0v) is 18.9. The van der Waals surface area contributed by atoms with Gasteiger partial charge in [-0.3, -0.25) is 19.1 Å². The smallest absolute Gasteiger partial charge is 0.266 e. The van der Waals surface area contributed by atoms with Gasteiger partial charge in [0.15, 0.2) is 5.16 Å². The van der Waals surface area contributed by atoms with Gasteiger partial charge < -0.3 is 5.32 Å². The van der Waals surface area contributed by atoms with E-state index in [-0.39, 0.29) is 11.5 Å². The van der Waals surface area contributed by atoms with Gasteiger partial charge in [-0.15, -0.1) is 0 Å². The van der Waals surface area contributed by atoms with Crippen LogP contribution >= 0.6 is 11.8 Å². The fraction of sp³-hybridized carbons (Fsp3) is 0.200. The summed E-state index contributed by atoms with van der Waals surface area (Å²) in [7, 11) is 0. The van der Waals surface area contributed by atoms with Crippen molar-refractivity contribution >= 4 is 28.6 Å². The SMILES string of the molecule is CCC(Sc1nc2ccccc2c(=O)n1-c1cccc(F)c1)C(=O)NCCc1ccccn1. The first-order valence-electron chi connectivity index (χ1n) is 10.7. The third-order valence-corrected chi connectivity index (χ3v) is 6.45. The van der Waals surface area contributed by atoms with Gasteiger partial charge in [-0.2, -0.15) is 0 Å². The number of para-hydroxylation sites is 1. The molecule has 4 aromatic rings. The van der Waals surface area contributed by atoms with Gasteiger partial charge in [0, 0.05) is 24.9 Å². The minimum atomic E-state index is -0.471. The molecule has 1 unspecified atom stereocenters. The Morgan fingerprint density at radius 3 is 2.70 bits per heavy atom. The molecule has 0 fully saturated rings. The normalized spacial score (nSPS) is 11.9. The van der Waals surface area contributed by atoms with E-state index in [0.717, 1.165) is 5.69 Å². The van der Waals surface area contributed by atoms with Crippen molar-refractivity contribution in [1.82, 2.24) is 19.9 Å². The standard InChI is InChI=1S/C25H23FN4O2S/c1-2-22(23(31)28-15-13-18-9-5-6-14-27-18)33-25-29-21-12-4-3-11-20(21)24(32)30(25)19-10-7-8-17(26)16-19/h3-12,14,16,22H,2,13,15H2,1H3,(H,28,31). The minimum Gasteiger partial charge on any atom is -0.355 e. The third-order valence-electron chi connectivity index (χ3n) is 5.13. The first kappa shape index (κ1) is 22.7. The van der Waals surface area contributed by atoms with Crippen LogP contribution in [0.1, 0.15) is 19.0 Å². The van der Waals surface area contributed by atoms with Crippen LogP contribution in [0, 0.1) is 5.82 Å². The zero-order chi connectivity index (χ0) is 23.2. The molecule has 1 N–H and O–H groups in total. The number of carbonyl (C=O) groups excluding carboxylic acids is 1. The van der Waals surface area contributed by atoms with Crippen LogP contribution in [0.15, 0.2) is 82.9 Å². The highest BCUT2D eigenvalue weighted by atomic mass is 32.2. The number of halogens is 1. The van der Waals surface area contributed by atoms with Crippen LogP contribution in [0.25, 0.3) is 16.6 Å². The van der Waals surface area contributed by atoms with Gasteiger partial charge in [-0.05, 0) is 48.9 Å². The van der Waals surface area contributed by atoms with Crippen LogP contribution in [-0.4, -0.2) is 32.2 Å². The quantitative estimate of drug-likeness (QED) is 0.314. The van der Waals surface area contributed by atoms with Crippen molar-refractivity contribution in [2.75, 3.05) is 6.54 Å². The Bertz CT molecular complexity index is 1330. The van der Waals surface area contributed by atoms with Gasteiger partial charge in [0.25, 0.3) is 5.56 Å². The lowest BCUT2D eigenvalue weighted by Crippen LogP contribution is -2.34. The monoisotopic (exact) mass is 462 g/mol. The Morgan fingerprint density at radius 1 is 1.12 bits per heavy atom. The van der Waals surface area contributed by atoms with E-state index in [1.54, 1.807) is 42.6 Å². The van der Waals surface area contributed by atoms with Gasteiger partial charge in [0.2, 0.25) is 5.91 Å². The first-order chi connectivity index (χ1) is 16.1. The number of fused-ring (bicyclic) bond motifs is 1. The highest BCUT2D eigenvalue weighted by molar-refractivity contribution is 8.00. The summed E-state index contributed by atoms with van der Waals surface area (Å²) in [4.78, 5) is 35.1. The fourth-order valence-electron chi connectivity index (χ4n) is 3.46. The molecule has 168 valence electrons. The number of hydrogen-bond donors (Lipinski definition) is 1. The Hall–Kier alpha value is -3.52. The molecule has 4 rings (SSSR count). The number of nitrogens with zero attached hydrogens (tertiary/aromatic N) is 3. The van der Waals surface area contributed by atoms with Gasteiger partial charge in [0.1, 0.15) is 5.82 Å². The first-order valence-corrected chi connectivity index (χ1v) is 11.6. The molecule has 33 heavy (non-hydrogen) atoms. The summed E-state index contributed by atoms with van der Waals surface area (Å²) in [6, 6.07) is 18.5. The van der Waals surface area contributed by atoms with E-state index in [0.29, 0.717) is 41.1 Å². The molecule has 0 aliphatic heterocycles. The summed E-state index contributed by atoms with van der Waals surface area (Å²) < 4.78 is 15.3. The van der Waals surface area contributed by atoms with E-state index in [9.17, 15) is 14.0 Å². The lowest BCUT2D eigenvalue weighted by Gasteiger charge is -2.18. The predicted molar refractivity (Wildman–Crippen MR) is 128 cm³/mol. The summed E-state index contributed by atoms with van der Waals surface area (Å²) in [6.45, 7) is 2.36. The maximum Gasteiger partial charge on any atom is 0.266 e. The van der Waals surface area contributed by atoms with Crippen molar-refractivity contribution in [3.05, 3.63) is 94.8 Å². The van der Waals surface area contributed by atoms with Crippen LogP contribution in [0.4, 0.5) is 4.39 Å². The van der Waals surface area contributed by atoms with Crippen LogP contribution in [-0.2, 0) is 11.2 Å². The topological polar surface area (TPSA) is 76.9 Å². The maximum atomic E-state index is 14.0. The number of amides is 1. The average molecular weight is 463 g/mol. The molecule has 6 nitrogen and oxygen atoms in total. The van der Waals surface area contributed by atoms with Crippen molar-refractivity contribution in [2.24, 2.45) is 0 Å². The van der Waals surface area contributed by atoms with Gasteiger partial charge in [-0.1, -0.05) is 43.0 Å². The number of hydrogen-bond acceptors (Lipinski definition) is 5. The Morgan fingerprint density at radius 2 is 1.94 bits per heavy atom. The summed E-state index contributed by atoms with van der Waals surface area (Å²) in [5, 5.41) is 3.25. The summed E-state index contributed by atoms with van der Waals surface area (Å²) >= 11 is 1.20. The molecule has 0 saturated carbocycles. The summed E-state index contributed by atoms with van der Waals surface area (Å²) in [5.74, 6) is -0.602. The van der Waals surface area contributed by atoms with Gasteiger partial charge >= 0.3 is 0 Å². The maximum absolute atomic E-state index is 14.0. The molecule has 0 spiro atoms. The van der Waals surface area contributed by atoms with Crippen molar-refractivity contribution in [3.8, 4) is 5.69 Å². The number of pyridine rings is 1. The second-order valence-electron chi connectivity index (χ2n) is 7.41. The van der Waals surface area contributed by atoms with Crippen LogP contribution < -0.4 is 10.9 Å². The zero-order valence-electron chi connectivity index (χ0n) is 18.1. The Balaban J connectivity index is 1.62. The number of nitrogens with one attached hydrogen (secondary N) is 1. The molecular formula is C25H23FN4O2S. The Kier molecular flexibility index (Phi) is 7.14. The van der Waals surface area contributed by atoms with Crippen molar-refractivity contribution < 1.29 is 9.18 Å². The van der Waals surface area contributed by atoms with E-state index in [1.807, 2.05) is 25.1 Å². The molecular weight excluding hydrogens is 439 g/mol. The second kappa shape index (κ2) is 10.4. The number of rotatable bonds is 8. The second-order valence-corrected chi connectivity index (χ2v) is 8.58. The van der Waals surface area contributed by atoms with E-state index in [1.165, 1.54) is 28.5 Å². The van der Waals surface area contributed by atoms with Crippen LogP contribution in [0.2, 0.25) is 0 Å². The number of thioether (sulfide) groups is 1. The number of benzene rings is 2. The van der Waals surface area contributed by atoms with Crippen molar-refractivity contribution in [1.29, 1.82) is 0 Å². The van der Waals surface area contributed by atoms with E-state index < -0.39 is 11.1 Å². The predicted octanol–water partition coefficient (Wildman–Crippen LogP) is 4.15. The van der Waals surface area contributed by atoms with Crippen molar-refractivity contribution in [2.45, 2.75) is 30.2 Å². The van der Waals surface area contributed by atoms with E-state index in [4.69, 9.17) is 0 Å². The molecule has 0 radical (unpaired) electrons. The summed E-state index contributed by atoms with van der Waals surface area (Å²) in [5.41, 5.74) is 1.49. The number of carbonyl (C=O) groups is 1. The van der Waals surface area contributed by atoms with Crippen LogP contribution in [0.3, 0.4) is 0 Å². The Labute approximate surface area is 194 Å². The molecule has 8 heteroatoms. The molecule has 1 atom stereocenters. The summed E-state index contributed by atoms with van der Waals surface area (Å²) in [6.07, 6.45) is 2.88. The van der Waals surface area contributed by atoms with Crippen molar-refractivity contribution in [3.63, 3.8) is 0 Å². The van der Waals surface area contributed by atoms with E-state index >= 15 is 0 Å². The highest BCUT2D eigenvalue weighted by Gasteiger charge is 2.22.